The average molecular weight is 412 g/mol. The number of anilines is 1. The molecule has 4 aromatic rings. The number of aryl methyl sites for hydroxylation is 1. The van der Waals surface area contributed by atoms with Gasteiger partial charge in [0.1, 0.15) is 23.3 Å². The van der Waals surface area contributed by atoms with Gasteiger partial charge in [-0.05, 0) is 37.5 Å². The van der Waals surface area contributed by atoms with Crippen LogP contribution in [0.3, 0.4) is 0 Å². The van der Waals surface area contributed by atoms with E-state index in [0.717, 1.165) is 43.0 Å². The molecule has 4 aromatic heterocycles. The van der Waals surface area contributed by atoms with Crippen LogP contribution in [0.15, 0.2) is 30.6 Å². The van der Waals surface area contributed by atoms with Gasteiger partial charge in [-0.1, -0.05) is 0 Å². The van der Waals surface area contributed by atoms with E-state index in [-0.39, 0.29) is 0 Å². The van der Waals surface area contributed by atoms with E-state index in [2.05, 4.69) is 25.3 Å². The fourth-order valence-corrected chi connectivity index (χ4v) is 4.13. The van der Waals surface area contributed by atoms with E-state index < -0.39 is 13.0 Å². The van der Waals surface area contributed by atoms with Gasteiger partial charge in [-0.25, -0.2) is 13.8 Å². The third-order valence-electron chi connectivity index (χ3n) is 5.52. The van der Waals surface area contributed by atoms with Gasteiger partial charge in [0.25, 0.3) is 6.43 Å². The van der Waals surface area contributed by atoms with Crippen molar-refractivity contribution in [3.8, 4) is 22.8 Å². The molecule has 0 atom stereocenters. The van der Waals surface area contributed by atoms with Gasteiger partial charge in [-0.3, -0.25) is 14.5 Å². The van der Waals surface area contributed by atoms with Crippen molar-refractivity contribution in [1.82, 2.24) is 34.7 Å². The van der Waals surface area contributed by atoms with Gasteiger partial charge in [0, 0.05) is 32.5 Å². The second-order valence-corrected chi connectivity index (χ2v) is 7.50. The van der Waals surface area contributed by atoms with E-state index in [9.17, 15) is 8.78 Å². The summed E-state index contributed by atoms with van der Waals surface area (Å²) in [5, 5.41) is 15.7. The number of aromatic amines is 1. The predicted molar refractivity (Wildman–Crippen MR) is 109 cm³/mol. The number of nitrogens with zero attached hydrogens (tertiary/aromatic N) is 7. The van der Waals surface area contributed by atoms with Crippen molar-refractivity contribution in [2.45, 2.75) is 32.2 Å². The van der Waals surface area contributed by atoms with Gasteiger partial charge in [0.05, 0.1) is 22.8 Å². The summed E-state index contributed by atoms with van der Waals surface area (Å²) in [5.74, 6) is 0. The topological polar surface area (TPSA) is 80.5 Å². The van der Waals surface area contributed by atoms with Crippen LogP contribution in [0.5, 0.6) is 0 Å². The molecule has 0 radical (unpaired) electrons. The second kappa shape index (κ2) is 7.51. The second-order valence-electron chi connectivity index (χ2n) is 7.50. The fraction of sp³-hybridized carbons (Fsp3) is 0.400. The lowest BCUT2D eigenvalue weighted by atomic mass is 10.1. The Balaban J connectivity index is 1.80. The molecule has 156 valence electrons. The highest BCUT2D eigenvalue weighted by Crippen LogP contribution is 2.36. The maximum Gasteiger partial charge on any atom is 0.257 e. The molecule has 1 saturated heterocycles. The zero-order chi connectivity index (χ0) is 20.7. The van der Waals surface area contributed by atoms with Crippen LogP contribution < -0.4 is 4.90 Å². The summed E-state index contributed by atoms with van der Waals surface area (Å²) >= 11 is 0. The maximum absolute atomic E-state index is 13.4. The van der Waals surface area contributed by atoms with Gasteiger partial charge in [-0.2, -0.15) is 15.3 Å². The maximum atomic E-state index is 13.4. The van der Waals surface area contributed by atoms with Gasteiger partial charge < -0.3 is 4.90 Å². The van der Waals surface area contributed by atoms with Gasteiger partial charge in [0.15, 0.2) is 0 Å². The minimum Gasteiger partial charge on any atom is -0.370 e. The van der Waals surface area contributed by atoms with Crippen LogP contribution in [0.1, 0.15) is 19.3 Å². The summed E-state index contributed by atoms with van der Waals surface area (Å²) in [5.41, 5.74) is 4.85. The van der Waals surface area contributed by atoms with Crippen LogP contribution in [0.2, 0.25) is 0 Å². The molecule has 5 rings (SSSR count). The highest BCUT2D eigenvalue weighted by Gasteiger charge is 2.25. The van der Waals surface area contributed by atoms with E-state index in [1.54, 1.807) is 23.1 Å². The van der Waals surface area contributed by atoms with E-state index in [1.165, 1.54) is 11.1 Å². The van der Waals surface area contributed by atoms with Crippen LogP contribution in [0.4, 0.5) is 14.5 Å². The first-order valence-electron chi connectivity index (χ1n) is 10.0. The van der Waals surface area contributed by atoms with Crippen molar-refractivity contribution in [1.29, 1.82) is 0 Å². The Hall–Kier alpha value is -3.30. The molecule has 30 heavy (non-hydrogen) atoms. The zero-order valence-corrected chi connectivity index (χ0v) is 16.6. The predicted octanol–water partition coefficient (Wildman–Crippen LogP) is 3.48. The smallest absolute Gasteiger partial charge is 0.257 e. The number of rotatable bonds is 5. The van der Waals surface area contributed by atoms with Crippen LogP contribution >= 0.6 is 0 Å². The van der Waals surface area contributed by atoms with Crippen LogP contribution in [0, 0.1) is 0 Å². The number of aromatic nitrogens is 7. The quantitative estimate of drug-likeness (QED) is 0.543. The molecule has 1 N–H and O–H groups in total. The Labute approximate surface area is 171 Å². The van der Waals surface area contributed by atoms with E-state index in [1.807, 2.05) is 19.2 Å². The Morgan fingerprint density at radius 3 is 2.63 bits per heavy atom. The number of halogens is 2. The van der Waals surface area contributed by atoms with Crippen LogP contribution in [0.25, 0.3) is 33.8 Å². The minimum atomic E-state index is -2.52. The molecule has 0 bridgehead atoms. The molecule has 1 aliphatic heterocycles. The SMILES string of the molecule is Cn1nccc1-c1cc(N2CCCCC2)c2c(n1)c(-c1ccn[nH]1)nn2CC(F)F. The first-order chi connectivity index (χ1) is 14.6. The van der Waals surface area contributed by atoms with Crippen molar-refractivity contribution >= 4 is 16.7 Å². The van der Waals surface area contributed by atoms with E-state index >= 15 is 0 Å². The number of H-pyrrole nitrogens is 1. The van der Waals surface area contributed by atoms with Gasteiger partial charge in [0.2, 0.25) is 0 Å². The van der Waals surface area contributed by atoms with Crippen molar-refractivity contribution in [3.05, 3.63) is 30.6 Å². The lowest BCUT2D eigenvalue weighted by Crippen LogP contribution is -2.30. The Kier molecular flexibility index (Phi) is 4.68. The van der Waals surface area contributed by atoms with Crippen molar-refractivity contribution in [3.63, 3.8) is 0 Å². The summed E-state index contributed by atoms with van der Waals surface area (Å²) < 4.78 is 30.0. The average Bonchev–Trinajstić information content (AvgIpc) is 3.48. The first kappa shape index (κ1) is 18.7. The van der Waals surface area contributed by atoms with E-state index in [4.69, 9.17) is 4.98 Å². The zero-order valence-electron chi connectivity index (χ0n) is 16.6. The lowest BCUT2D eigenvalue weighted by molar-refractivity contribution is 0.123. The van der Waals surface area contributed by atoms with Crippen LogP contribution in [-0.4, -0.2) is 54.3 Å². The minimum absolute atomic E-state index is 0.488. The molecule has 5 heterocycles. The largest absolute Gasteiger partial charge is 0.370 e. The van der Waals surface area contributed by atoms with Gasteiger partial charge >= 0.3 is 0 Å². The fourth-order valence-electron chi connectivity index (χ4n) is 4.13. The molecule has 1 aliphatic rings. The third-order valence-corrected chi connectivity index (χ3v) is 5.52. The molecule has 0 unspecified atom stereocenters. The number of fused-ring (bicyclic) bond motifs is 1. The summed E-state index contributed by atoms with van der Waals surface area (Å²) in [7, 11) is 1.86. The summed E-state index contributed by atoms with van der Waals surface area (Å²) in [6, 6.07) is 5.64. The monoisotopic (exact) mass is 412 g/mol. The van der Waals surface area contributed by atoms with Crippen molar-refractivity contribution < 1.29 is 8.78 Å². The Morgan fingerprint density at radius 1 is 1.13 bits per heavy atom. The molecule has 0 aromatic carbocycles. The summed E-state index contributed by atoms with van der Waals surface area (Å²) in [6.07, 6.45) is 4.13. The molecular weight excluding hydrogens is 390 g/mol. The molecule has 0 aliphatic carbocycles. The normalized spacial score (nSPS) is 14.9. The van der Waals surface area contributed by atoms with Crippen molar-refractivity contribution in [2.75, 3.05) is 18.0 Å². The number of piperidine rings is 1. The Bertz CT molecular complexity index is 1160. The number of hydrogen-bond acceptors (Lipinski definition) is 5. The highest BCUT2D eigenvalue weighted by molar-refractivity contribution is 5.98. The van der Waals surface area contributed by atoms with Crippen LogP contribution in [-0.2, 0) is 13.6 Å². The summed E-state index contributed by atoms with van der Waals surface area (Å²) in [4.78, 5) is 7.11. The number of alkyl halides is 2. The third kappa shape index (κ3) is 3.21. The Morgan fingerprint density at radius 2 is 1.97 bits per heavy atom. The number of pyridine rings is 1. The molecule has 0 amide bonds. The molecule has 8 nitrogen and oxygen atoms in total. The molecule has 10 heteroatoms. The number of hydrogen-bond donors (Lipinski definition) is 1. The first-order valence-corrected chi connectivity index (χ1v) is 10.0. The summed E-state index contributed by atoms with van der Waals surface area (Å²) in [6.45, 7) is 1.27. The van der Waals surface area contributed by atoms with Crippen molar-refractivity contribution in [2.24, 2.45) is 7.05 Å². The molecule has 0 spiro atoms. The lowest BCUT2D eigenvalue weighted by Gasteiger charge is -2.30. The standard InChI is InChI=1S/C20H22F2N8/c1-28-15(6-8-24-28)14-11-16(29-9-3-2-4-10-29)20-19(25-14)18(13-5-7-23-26-13)27-30(20)12-17(21)22/h5-8,11,17H,2-4,9-10,12H2,1H3,(H,23,26). The molecule has 0 saturated carbocycles. The molecular formula is C20H22F2N8. The molecule has 1 fully saturated rings. The van der Waals surface area contributed by atoms with Gasteiger partial charge in [-0.15, -0.1) is 0 Å². The number of nitrogens with one attached hydrogen (secondary N) is 1. The highest BCUT2D eigenvalue weighted by atomic mass is 19.3. The van der Waals surface area contributed by atoms with E-state index in [0.29, 0.717) is 22.4 Å².